The summed E-state index contributed by atoms with van der Waals surface area (Å²) >= 11 is 0. The zero-order valence-corrected chi connectivity index (χ0v) is 7.74. The predicted molar refractivity (Wildman–Crippen MR) is 47.6 cm³/mol. The van der Waals surface area contributed by atoms with Crippen LogP contribution in [0.2, 0.25) is 0 Å². The fourth-order valence-electron chi connectivity index (χ4n) is 1.79. The van der Waals surface area contributed by atoms with E-state index in [1.54, 1.807) is 0 Å². The van der Waals surface area contributed by atoms with Gasteiger partial charge in [-0.3, -0.25) is 9.80 Å². The van der Waals surface area contributed by atoms with E-state index in [4.69, 9.17) is 4.74 Å². The number of hydrogen-bond acceptors (Lipinski definition) is 3. The molecule has 2 saturated heterocycles. The number of hydrazine groups is 1. The molecule has 13 heavy (non-hydrogen) atoms. The van der Waals surface area contributed by atoms with Crippen LogP contribution < -0.4 is 0 Å². The van der Waals surface area contributed by atoms with Crippen molar-refractivity contribution >= 4 is 5.91 Å². The molecule has 0 N–H and O–H groups in total. The molecule has 0 aromatic carbocycles. The largest absolute Gasteiger partial charge is 0.370 e. The van der Waals surface area contributed by atoms with Gasteiger partial charge in [0.15, 0.2) is 0 Å². The smallest absolute Gasteiger partial charge is 0.262 e. The minimum Gasteiger partial charge on any atom is -0.370 e. The van der Waals surface area contributed by atoms with Gasteiger partial charge in [0.25, 0.3) is 5.91 Å². The van der Waals surface area contributed by atoms with Crippen LogP contribution >= 0.6 is 0 Å². The molecule has 0 saturated carbocycles. The van der Waals surface area contributed by atoms with Crippen molar-refractivity contribution < 1.29 is 9.53 Å². The summed E-state index contributed by atoms with van der Waals surface area (Å²) in [5, 5.41) is 3.99. The summed E-state index contributed by atoms with van der Waals surface area (Å²) in [5.74, 6) is 0.105. The van der Waals surface area contributed by atoms with E-state index >= 15 is 0 Å². The minimum atomic E-state index is 0.105. The second kappa shape index (κ2) is 4.07. The molecule has 0 spiro atoms. The van der Waals surface area contributed by atoms with E-state index in [1.165, 1.54) is 0 Å². The van der Waals surface area contributed by atoms with Crippen molar-refractivity contribution in [2.45, 2.75) is 12.8 Å². The van der Waals surface area contributed by atoms with Crippen LogP contribution in [0.15, 0.2) is 0 Å². The molecular weight excluding hydrogens is 168 g/mol. The lowest BCUT2D eigenvalue weighted by molar-refractivity contribution is -0.166. The molecule has 2 heterocycles. The van der Waals surface area contributed by atoms with Gasteiger partial charge < -0.3 is 4.74 Å². The number of hydrogen-bond donors (Lipinski definition) is 0. The van der Waals surface area contributed by atoms with E-state index in [0.717, 1.165) is 32.5 Å². The van der Waals surface area contributed by atoms with Crippen molar-refractivity contribution in [2.24, 2.45) is 0 Å². The van der Waals surface area contributed by atoms with Crippen LogP contribution in [0.25, 0.3) is 0 Å². The van der Waals surface area contributed by atoms with E-state index in [9.17, 15) is 4.79 Å². The molecule has 2 fully saturated rings. The third kappa shape index (κ3) is 2.00. The first-order valence-electron chi connectivity index (χ1n) is 4.82. The van der Waals surface area contributed by atoms with Gasteiger partial charge in [0.2, 0.25) is 0 Å². The first-order valence-corrected chi connectivity index (χ1v) is 4.82. The lowest BCUT2D eigenvalue weighted by atomic mass is 10.2. The first kappa shape index (κ1) is 8.97. The Labute approximate surface area is 78.4 Å². The highest BCUT2D eigenvalue weighted by atomic mass is 16.5. The van der Waals surface area contributed by atoms with Gasteiger partial charge in [-0.25, -0.2) is 5.01 Å². The summed E-state index contributed by atoms with van der Waals surface area (Å²) in [4.78, 5) is 11.4. The van der Waals surface area contributed by atoms with Crippen molar-refractivity contribution in [3.8, 4) is 0 Å². The molecule has 73 valence electrons. The number of rotatable bonds is 1. The van der Waals surface area contributed by atoms with Gasteiger partial charge >= 0.3 is 0 Å². The third-order valence-corrected chi connectivity index (χ3v) is 2.48. The normalized spacial score (nSPS) is 26.5. The number of piperidine rings is 1. The van der Waals surface area contributed by atoms with Crippen LogP contribution in [0.5, 0.6) is 0 Å². The number of ether oxygens (including phenoxy) is 1. The van der Waals surface area contributed by atoms with Crippen LogP contribution in [-0.2, 0) is 9.53 Å². The minimum absolute atomic E-state index is 0.105. The van der Waals surface area contributed by atoms with Crippen molar-refractivity contribution in [2.75, 3.05) is 32.8 Å². The molecule has 2 aliphatic heterocycles. The Kier molecular flexibility index (Phi) is 2.80. The van der Waals surface area contributed by atoms with E-state index in [2.05, 4.69) is 11.4 Å². The second-order valence-corrected chi connectivity index (χ2v) is 3.39. The summed E-state index contributed by atoms with van der Waals surface area (Å²) in [5.41, 5.74) is 0. The molecule has 4 heteroatoms. The Hall–Kier alpha value is -0.610. The molecule has 0 atom stereocenters. The molecule has 2 rings (SSSR count). The summed E-state index contributed by atoms with van der Waals surface area (Å²) in [6.07, 6.45) is 4.46. The first-order chi connectivity index (χ1) is 6.38. The van der Waals surface area contributed by atoms with Crippen LogP contribution in [0.4, 0.5) is 0 Å². The van der Waals surface area contributed by atoms with Gasteiger partial charge in [0.05, 0.1) is 13.2 Å². The lowest BCUT2D eigenvalue weighted by Gasteiger charge is -2.39. The van der Waals surface area contributed by atoms with Crippen molar-refractivity contribution in [3.05, 3.63) is 6.42 Å². The van der Waals surface area contributed by atoms with Crippen LogP contribution in [0.3, 0.4) is 0 Å². The molecule has 1 radical (unpaired) electrons. The van der Waals surface area contributed by atoms with Gasteiger partial charge in [0.1, 0.15) is 6.61 Å². The van der Waals surface area contributed by atoms with Gasteiger partial charge in [-0.2, -0.15) is 0 Å². The molecular formula is C9H15N2O2. The molecule has 1 amide bonds. The topological polar surface area (TPSA) is 32.8 Å². The number of morpholine rings is 1. The van der Waals surface area contributed by atoms with Crippen LogP contribution in [0.1, 0.15) is 12.8 Å². The van der Waals surface area contributed by atoms with E-state index in [0.29, 0.717) is 6.61 Å². The van der Waals surface area contributed by atoms with Crippen molar-refractivity contribution in [1.82, 2.24) is 10.0 Å². The van der Waals surface area contributed by atoms with Crippen molar-refractivity contribution in [3.63, 3.8) is 0 Å². The zero-order chi connectivity index (χ0) is 9.10. The van der Waals surface area contributed by atoms with E-state index < -0.39 is 0 Å². The Morgan fingerprint density at radius 3 is 2.69 bits per heavy atom. The third-order valence-electron chi connectivity index (χ3n) is 2.48. The molecule has 0 aliphatic carbocycles. The van der Waals surface area contributed by atoms with Crippen LogP contribution in [-0.4, -0.2) is 48.8 Å². The average molecular weight is 183 g/mol. The highest BCUT2D eigenvalue weighted by molar-refractivity contribution is 5.77. The number of carbonyl (C=O) groups excluding carboxylic acids is 1. The monoisotopic (exact) mass is 183 g/mol. The molecule has 4 nitrogen and oxygen atoms in total. The maximum absolute atomic E-state index is 11.4. The maximum atomic E-state index is 11.4. The Bertz CT molecular complexity index is 190. The van der Waals surface area contributed by atoms with Crippen LogP contribution in [0, 0.1) is 6.42 Å². The second-order valence-electron chi connectivity index (χ2n) is 3.39. The predicted octanol–water partition coefficient (Wildman–Crippen LogP) is 0.0603. The zero-order valence-electron chi connectivity index (χ0n) is 7.74. The molecule has 0 aromatic rings. The molecule has 2 aliphatic rings. The van der Waals surface area contributed by atoms with Gasteiger partial charge in [-0.05, 0) is 19.3 Å². The quantitative estimate of drug-likeness (QED) is 0.576. The Morgan fingerprint density at radius 1 is 1.23 bits per heavy atom. The van der Waals surface area contributed by atoms with Gasteiger partial charge in [-0.1, -0.05) is 0 Å². The van der Waals surface area contributed by atoms with E-state index in [-0.39, 0.29) is 12.5 Å². The molecule has 0 bridgehead atoms. The summed E-state index contributed by atoms with van der Waals surface area (Å²) in [6, 6.07) is 0. The lowest BCUT2D eigenvalue weighted by Crippen LogP contribution is -2.53. The van der Waals surface area contributed by atoms with Gasteiger partial charge in [-0.15, -0.1) is 0 Å². The molecule has 0 aromatic heterocycles. The standard InChI is InChI=1S/C9H15N2O2/c12-9-8-13-7-6-11(9)10-4-2-1-3-5-10/h1H,2-8H2. The van der Waals surface area contributed by atoms with Crippen molar-refractivity contribution in [1.29, 1.82) is 0 Å². The SMILES string of the molecule is O=C1COCCN1N1CC[CH]CC1. The Morgan fingerprint density at radius 2 is 2.00 bits per heavy atom. The maximum Gasteiger partial charge on any atom is 0.262 e. The average Bonchev–Trinajstić information content (AvgIpc) is 2.20. The molecule has 0 unspecified atom stereocenters. The Balaban J connectivity index is 1.92. The fraction of sp³-hybridized carbons (Fsp3) is 0.778. The number of nitrogens with zero attached hydrogens (tertiary/aromatic N) is 2. The fourth-order valence-corrected chi connectivity index (χ4v) is 1.79. The highest BCUT2D eigenvalue weighted by Gasteiger charge is 2.25. The number of carbonyl (C=O) groups is 1. The van der Waals surface area contributed by atoms with E-state index in [1.807, 2.05) is 5.01 Å². The van der Waals surface area contributed by atoms with Gasteiger partial charge in [0, 0.05) is 13.1 Å². The summed E-state index contributed by atoms with van der Waals surface area (Å²) in [7, 11) is 0. The summed E-state index contributed by atoms with van der Waals surface area (Å²) < 4.78 is 5.08. The number of amides is 1. The summed E-state index contributed by atoms with van der Waals surface area (Å²) in [6.45, 7) is 3.60. The highest BCUT2D eigenvalue weighted by Crippen LogP contribution is 2.12.